The van der Waals surface area contributed by atoms with E-state index in [2.05, 4.69) is 20.9 Å². The van der Waals surface area contributed by atoms with Crippen molar-refractivity contribution in [2.75, 3.05) is 31.3 Å². The third-order valence-corrected chi connectivity index (χ3v) is 3.49. The van der Waals surface area contributed by atoms with Crippen molar-refractivity contribution in [2.24, 2.45) is 0 Å². The zero-order valence-electron chi connectivity index (χ0n) is 10.1. The van der Waals surface area contributed by atoms with E-state index in [1.165, 1.54) is 0 Å². The Morgan fingerprint density at radius 3 is 2.74 bits per heavy atom. The second-order valence-corrected chi connectivity index (χ2v) is 5.04. The van der Waals surface area contributed by atoms with Crippen molar-refractivity contribution >= 4 is 39.2 Å². The van der Waals surface area contributed by atoms with Gasteiger partial charge in [0.25, 0.3) is 5.56 Å². The second kappa shape index (κ2) is 5.90. The molecule has 0 atom stereocenters. The Morgan fingerprint density at radius 1 is 1.26 bits per heavy atom. The summed E-state index contributed by atoms with van der Waals surface area (Å²) in [7, 11) is 0. The number of benzene rings is 1. The van der Waals surface area contributed by atoms with E-state index in [1.807, 2.05) is 23.2 Å². The van der Waals surface area contributed by atoms with E-state index in [0.29, 0.717) is 37.2 Å². The maximum absolute atomic E-state index is 12.4. The first-order valence-electron chi connectivity index (χ1n) is 5.75. The lowest BCUT2D eigenvalue weighted by Crippen LogP contribution is -2.48. The predicted octanol–water partition coefficient (Wildman–Crippen LogP) is 1.55. The van der Waals surface area contributed by atoms with E-state index in [0.717, 1.165) is 4.47 Å². The summed E-state index contributed by atoms with van der Waals surface area (Å²) in [5.74, 6) is 0. The molecule has 1 aliphatic heterocycles. The molecule has 0 saturated carbocycles. The van der Waals surface area contributed by atoms with Crippen molar-refractivity contribution in [1.29, 1.82) is 0 Å². The van der Waals surface area contributed by atoms with Crippen LogP contribution in [0.4, 0.5) is 0 Å². The summed E-state index contributed by atoms with van der Waals surface area (Å²) in [6.45, 7) is 2.70. The van der Waals surface area contributed by atoms with Gasteiger partial charge in [-0.25, -0.2) is 9.66 Å². The van der Waals surface area contributed by atoms with Gasteiger partial charge in [0.15, 0.2) is 0 Å². The lowest BCUT2D eigenvalue weighted by molar-refractivity contribution is 0.110. The van der Waals surface area contributed by atoms with Gasteiger partial charge in [-0.2, -0.15) is 0 Å². The molecule has 2 aromatic rings. The Morgan fingerprint density at radius 2 is 2.00 bits per heavy atom. The summed E-state index contributed by atoms with van der Waals surface area (Å²) in [4.78, 5) is 16.7. The quantitative estimate of drug-likeness (QED) is 0.786. The van der Waals surface area contributed by atoms with Crippen LogP contribution >= 0.6 is 28.3 Å². The van der Waals surface area contributed by atoms with Crippen LogP contribution in [0.15, 0.2) is 33.8 Å². The van der Waals surface area contributed by atoms with Crippen molar-refractivity contribution in [2.45, 2.75) is 0 Å². The number of hydrogen-bond donors (Lipinski definition) is 0. The van der Waals surface area contributed by atoms with Crippen LogP contribution in [0.1, 0.15) is 0 Å². The molecule has 1 aliphatic rings. The summed E-state index contributed by atoms with van der Waals surface area (Å²) >= 11 is 3.38. The number of nitrogens with zero attached hydrogens (tertiary/aromatic N) is 3. The standard InChI is InChI=1S/C12H12BrN3O2.ClH/c13-9-1-2-11-10(7-9)12(17)16(8-14-11)15-3-5-18-6-4-15;/h1-2,7-8H,3-6H2;1H. The molecule has 0 unspecified atom stereocenters. The molecule has 102 valence electrons. The van der Waals surface area contributed by atoms with E-state index < -0.39 is 0 Å². The van der Waals surface area contributed by atoms with Gasteiger partial charge in [-0.1, -0.05) is 15.9 Å². The molecule has 7 heteroatoms. The number of hydrogen-bond acceptors (Lipinski definition) is 4. The smallest absolute Gasteiger partial charge is 0.279 e. The van der Waals surface area contributed by atoms with Gasteiger partial charge in [-0.05, 0) is 18.2 Å². The number of fused-ring (bicyclic) bond motifs is 1. The number of morpholine rings is 1. The predicted molar refractivity (Wildman–Crippen MR) is 79.7 cm³/mol. The molecule has 5 nitrogen and oxygen atoms in total. The van der Waals surface area contributed by atoms with Gasteiger partial charge in [0.1, 0.15) is 6.33 Å². The van der Waals surface area contributed by atoms with Gasteiger partial charge in [0.2, 0.25) is 0 Å². The van der Waals surface area contributed by atoms with Crippen LogP contribution in [0.25, 0.3) is 10.9 Å². The highest BCUT2D eigenvalue weighted by atomic mass is 79.9. The number of rotatable bonds is 1. The van der Waals surface area contributed by atoms with Crippen LogP contribution in [0.5, 0.6) is 0 Å². The van der Waals surface area contributed by atoms with Crippen molar-refractivity contribution in [3.63, 3.8) is 0 Å². The monoisotopic (exact) mass is 345 g/mol. The van der Waals surface area contributed by atoms with Crippen LogP contribution in [0, 0.1) is 0 Å². The van der Waals surface area contributed by atoms with Crippen LogP contribution in [-0.4, -0.2) is 36.0 Å². The van der Waals surface area contributed by atoms with Gasteiger partial charge in [-0.3, -0.25) is 4.79 Å². The lowest BCUT2D eigenvalue weighted by atomic mass is 10.2. The van der Waals surface area contributed by atoms with Gasteiger partial charge >= 0.3 is 0 Å². The van der Waals surface area contributed by atoms with Gasteiger partial charge < -0.3 is 9.75 Å². The molecule has 19 heavy (non-hydrogen) atoms. The largest absolute Gasteiger partial charge is 0.378 e. The summed E-state index contributed by atoms with van der Waals surface area (Å²) < 4.78 is 7.75. The molecular formula is C12H13BrClN3O2. The highest BCUT2D eigenvalue weighted by Crippen LogP contribution is 2.14. The maximum atomic E-state index is 12.4. The first kappa shape index (κ1) is 14.3. The third kappa shape index (κ3) is 2.75. The van der Waals surface area contributed by atoms with E-state index >= 15 is 0 Å². The molecule has 0 amide bonds. The second-order valence-electron chi connectivity index (χ2n) is 4.12. The molecular weight excluding hydrogens is 334 g/mol. The van der Waals surface area contributed by atoms with Crippen molar-refractivity contribution < 1.29 is 4.74 Å². The summed E-state index contributed by atoms with van der Waals surface area (Å²) in [5.41, 5.74) is 0.677. The highest BCUT2D eigenvalue weighted by molar-refractivity contribution is 9.10. The van der Waals surface area contributed by atoms with E-state index in [-0.39, 0.29) is 18.0 Å². The minimum absolute atomic E-state index is 0. The molecule has 1 fully saturated rings. The Balaban J connectivity index is 0.00000133. The average molecular weight is 347 g/mol. The molecule has 0 N–H and O–H groups in total. The summed E-state index contributed by atoms with van der Waals surface area (Å²) in [6.07, 6.45) is 1.59. The molecule has 1 saturated heterocycles. The fourth-order valence-electron chi connectivity index (χ4n) is 2.06. The summed E-state index contributed by atoms with van der Waals surface area (Å²) in [6, 6.07) is 5.53. The van der Waals surface area contributed by atoms with E-state index in [9.17, 15) is 4.79 Å². The molecule has 0 spiro atoms. The molecule has 2 heterocycles. The molecule has 0 aliphatic carbocycles. The normalized spacial score (nSPS) is 15.3. The van der Waals surface area contributed by atoms with Gasteiger partial charge in [0.05, 0.1) is 37.2 Å². The van der Waals surface area contributed by atoms with Crippen molar-refractivity contribution in [3.05, 3.63) is 39.4 Å². The van der Waals surface area contributed by atoms with Gasteiger partial charge in [-0.15, -0.1) is 12.4 Å². The van der Waals surface area contributed by atoms with Crippen molar-refractivity contribution in [3.8, 4) is 0 Å². The van der Waals surface area contributed by atoms with Crippen molar-refractivity contribution in [1.82, 2.24) is 9.66 Å². The SMILES string of the molecule is Cl.O=c1c2cc(Br)ccc2ncn1N1CCOCC1. The fraction of sp³-hybridized carbons (Fsp3) is 0.333. The average Bonchev–Trinajstić information content (AvgIpc) is 2.41. The number of halogens is 2. The van der Waals surface area contributed by atoms with Crippen LogP contribution in [0.3, 0.4) is 0 Å². The highest BCUT2D eigenvalue weighted by Gasteiger charge is 2.13. The third-order valence-electron chi connectivity index (χ3n) is 3.00. The maximum Gasteiger partial charge on any atom is 0.279 e. The zero-order valence-corrected chi connectivity index (χ0v) is 12.5. The molecule has 1 aromatic carbocycles. The Hall–Kier alpha value is -1.11. The van der Waals surface area contributed by atoms with Crippen LogP contribution < -0.4 is 10.6 Å². The first-order chi connectivity index (χ1) is 8.75. The Bertz CT molecular complexity index is 640. The fourth-order valence-corrected chi connectivity index (χ4v) is 2.42. The summed E-state index contributed by atoms with van der Waals surface area (Å²) in [5, 5.41) is 2.58. The molecule has 0 bridgehead atoms. The van der Waals surface area contributed by atoms with E-state index in [1.54, 1.807) is 11.0 Å². The molecule has 0 radical (unpaired) electrons. The minimum Gasteiger partial charge on any atom is -0.378 e. The van der Waals surface area contributed by atoms with Crippen LogP contribution in [-0.2, 0) is 4.74 Å². The van der Waals surface area contributed by atoms with Crippen LogP contribution in [0.2, 0.25) is 0 Å². The topological polar surface area (TPSA) is 47.4 Å². The zero-order chi connectivity index (χ0) is 12.5. The minimum atomic E-state index is -0.0387. The molecule has 3 rings (SSSR count). The number of aromatic nitrogens is 2. The van der Waals surface area contributed by atoms with Gasteiger partial charge in [0, 0.05) is 4.47 Å². The Kier molecular flexibility index (Phi) is 4.44. The Labute approximate surface area is 124 Å². The lowest BCUT2D eigenvalue weighted by Gasteiger charge is -2.29. The first-order valence-corrected chi connectivity index (χ1v) is 6.55. The number of ether oxygens (including phenoxy) is 1. The van der Waals surface area contributed by atoms with E-state index in [4.69, 9.17) is 4.74 Å². The molecule has 1 aromatic heterocycles.